The summed E-state index contributed by atoms with van der Waals surface area (Å²) >= 11 is 5.31. The van der Waals surface area contributed by atoms with Crippen molar-refractivity contribution in [1.82, 2.24) is 9.97 Å². The van der Waals surface area contributed by atoms with Crippen LogP contribution < -0.4 is 5.32 Å². The van der Waals surface area contributed by atoms with E-state index >= 15 is 0 Å². The predicted octanol–water partition coefficient (Wildman–Crippen LogP) is 3.49. The Kier molecular flexibility index (Phi) is 6.13. The molecule has 0 aromatic carbocycles. The molecule has 0 fully saturated rings. The first kappa shape index (κ1) is 13.8. The van der Waals surface area contributed by atoms with Gasteiger partial charge in [0, 0.05) is 6.54 Å². The molecule has 1 aromatic heterocycles. The molecule has 3 nitrogen and oxygen atoms in total. The molecule has 1 N–H and O–H groups in total. The molecule has 0 saturated carbocycles. The molecule has 0 aliphatic heterocycles. The van der Waals surface area contributed by atoms with Crippen LogP contribution in [0.15, 0.2) is 4.47 Å². The van der Waals surface area contributed by atoms with E-state index < -0.39 is 0 Å². The van der Waals surface area contributed by atoms with Gasteiger partial charge in [0.25, 0.3) is 0 Å². The number of nitrogens with zero attached hydrogens (tertiary/aromatic N) is 2. The molecule has 0 atom stereocenters. The zero-order valence-corrected chi connectivity index (χ0v) is 12.4. The van der Waals surface area contributed by atoms with Crippen LogP contribution in [-0.2, 0) is 12.2 Å². The van der Waals surface area contributed by atoms with Crippen LogP contribution in [0.4, 0.5) is 5.82 Å². The van der Waals surface area contributed by atoms with Gasteiger partial charge in [-0.25, -0.2) is 9.97 Å². The summed E-state index contributed by atoms with van der Waals surface area (Å²) in [6.45, 7) is 5.20. The zero-order chi connectivity index (χ0) is 12.0. The largest absolute Gasteiger partial charge is 0.369 e. The first-order valence-corrected chi connectivity index (χ1v) is 7.69. The minimum atomic E-state index is 0.862. The molecule has 1 heterocycles. The van der Waals surface area contributed by atoms with E-state index in [-0.39, 0.29) is 0 Å². The summed E-state index contributed by atoms with van der Waals surface area (Å²) in [5, 5.41) is 3.33. The van der Waals surface area contributed by atoms with Gasteiger partial charge in [-0.05, 0) is 35.0 Å². The van der Waals surface area contributed by atoms with Crippen LogP contribution in [0.5, 0.6) is 0 Å². The van der Waals surface area contributed by atoms with E-state index in [2.05, 4.69) is 51.3 Å². The Hall–Kier alpha value is -0.290. The Morgan fingerprint density at radius 3 is 2.62 bits per heavy atom. The van der Waals surface area contributed by atoms with Gasteiger partial charge in [0.1, 0.15) is 11.6 Å². The maximum Gasteiger partial charge on any atom is 0.144 e. The number of hydrogen-bond acceptors (Lipinski definition) is 4. The van der Waals surface area contributed by atoms with Crippen molar-refractivity contribution < 1.29 is 0 Å². The highest BCUT2D eigenvalue weighted by atomic mass is 79.9. The molecule has 0 amide bonds. The summed E-state index contributed by atoms with van der Waals surface area (Å²) in [7, 11) is 0. The molecular formula is C11H18BrN3S. The highest BCUT2D eigenvalue weighted by Crippen LogP contribution is 2.24. The van der Waals surface area contributed by atoms with Gasteiger partial charge in [-0.15, -0.1) is 0 Å². The van der Waals surface area contributed by atoms with E-state index in [1.807, 2.05) is 0 Å². The minimum Gasteiger partial charge on any atom is -0.369 e. The van der Waals surface area contributed by atoms with Crippen LogP contribution in [0.25, 0.3) is 0 Å². The fourth-order valence-electron chi connectivity index (χ4n) is 1.33. The van der Waals surface area contributed by atoms with Gasteiger partial charge in [0.2, 0.25) is 0 Å². The normalized spacial score (nSPS) is 10.5. The maximum atomic E-state index is 4.53. The predicted molar refractivity (Wildman–Crippen MR) is 75.1 cm³/mol. The Morgan fingerprint density at radius 2 is 2.06 bits per heavy atom. The molecule has 90 valence electrons. The molecule has 5 heteroatoms. The van der Waals surface area contributed by atoms with Gasteiger partial charge in [0.15, 0.2) is 0 Å². The molecule has 0 radical (unpaired) electrons. The lowest BCUT2D eigenvalue weighted by Crippen LogP contribution is -2.08. The van der Waals surface area contributed by atoms with Gasteiger partial charge in [-0.3, -0.25) is 0 Å². The van der Waals surface area contributed by atoms with Crippen LogP contribution in [0.3, 0.4) is 0 Å². The molecule has 0 aliphatic carbocycles. The molecule has 0 aliphatic rings. The summed E-state index contributed by atoms with van der Waals surface area (Å²) in [5.74, 6) is 2.70. The van der Waals surface area contributed by atoms with Crippen molar-refractivity contribution in [3.05, 3.63) is 16.0 Å². The van der Waals surface area contributed by atoms with Gasteiger partial charge < -0.3 is 5.32 Å². The Balaban J connectivity index is 2.98. The van der Waals surface area contributed by atoms with Crippen LogP contribution in [0.2, 0.25) is 0 Å². The minimum absolute atomic E-state index is 0.862. The Labute approximate surface area is 110 Å². The van der Waals surface area contributed by atoms with E-state index in [0.717, 1.165) is 46.9 Å². The molecule has 0 bridgehead atoms. The molecule has 0 spiro atoms. The first-order valence-electron chi connectivity index (χ1n) is 5.51. The lowest BCUT2D eigenvalue weighted by Gasteiger charge is -2.11. The number of anilines is 1. The van der Waals surface area contributed by atoms with Crippen molar-refractivity contribution in [2.24, 2.45) is 0 Å². The van der Waals surface area contributed by atoms with E-state index in [4.69, 9.17) is 0 Å². The third kappa shape index (κ3) is 3.63. The van der Waals surface area contributed by atoms with Crippen molar-refractivity contribution in [3.63, 3.8) is 0 Å². The second kappa shape index (κ2) is 7.12. The van der Waals surface area contributed by atoms with Crippen molar-refractivity contribution >= 4 is 33.5 Å². The second-order valence-corrected chi connectivity index (χ2v) is 5.12. The van der Waals surface area contributed by atoms with Crippen LogP contribution in [0, 0.1) is 0 Å². The van der Waals surface area contributed by atoms with Crippen molar-refractivity contribution in [2.45, 2.75) is 32.4 Å². The Morgan fingerprint density at radius 1 is 1.31 bits per heavy atom. The standard InChI is InChI=1S/C11H18BrN3S/c1-4-6-13-11-10(12)8(5-2)14-9(15-11)7-16-3/h4-7H2,1-3H3,(H,13,14,15). The molecule has 16 heavy (non-hydrogen) atoms. The lowest BCUT2D eigenvalue weighted by molar-refractivity contribution is 0.907. The second-order valence-electron chi connectivity index (χ2n) is 3.46. The van der Waals surface area contributed by atoms with Gasteiger partial charge in [-0.2, -0.15) is 11.8 Å². The highest BCUT2D eigenvalue weighted by molar-refractivity contribution is 9.10. The highest BCUT2D eigenvalue weighted by Gasteiger charge is 2.10. The van der Waals surface area contributed by atoms with Gasteiger partial charge in [-0.1, -0.05) is 13.8 Å². The number of halogens is 1. The monoisotopic (exact) mass is 303 g/mol. The molecule has 1 aromatic rings. The SMILES string of the molecule is CCCNc1nc(CSC)nc(CC)c1Br. The van der Waals surface area contributed by atoms with Crippen LogP contribution >= 0.6 is 27.7 Å². The summed E-state index contributed by atoms with van der Waals surface area (Å²) in [6.07, 6.45) is 4.08. The molecular weight excluding hydrogens is 286 g/mol. The number of thioether (sulfide) groups is 1. The molecule has 0 unspecified atom stereocenters. The lowest BCUT2D eigenvalue weighted by atomic mass is 10.3. The first-order chi connectivity index (χ1) is 7.72. The summed E-state index contributed by atoms with van der Waals surface area (Å²) in [5.41, 5.74) is 1.08. The average Bonchev–Trinajstić information content (AvgIpc) is 2.29. The third-order valence-corrected chi connectivity index (χ3v) is 3.50. The fourth-order valence-corrected chi connectivity index (χ4v) is 2.32. The van der Waals surface area contributed by atoms with Gasteiger partial charge >= 0.3 is 0 Å². The van der Waals surface area contributed by atoms with Gasteiger partial charge in [0.05, 0.1) is 15.9 Å². The fraction of sp³-hybridized carbons (Fsp3) is 0.636. The number of aromatic nitrogens is 2. The Bertz CT molecular complexity index is 344. The molecule has 0 saturated heterocycles. The summed E-state index contributed by atoms with van der Waals surface area (Å²) in [6, 6.07) is 0. The number of rotatable bonds is 6. The smallest absolute Gasteiger partial charge is 0.144 e. The third-order valence-electron chi connectivity index (χ3n) is 2.12. The number of aryl methyl sites for hydroxylation is 1. The zero-order valence-electron chi connectivity index (χ0n) is 10.0. The van der Waals surface area contributed by atoms with E-state index in [9.17, 15) is 0 Å². The van der Waals surface area contributed by atoms with Crippen LogP contribution in [0.1, 0.15) is 31.8 Å². The van der Waals surface area contributed by atoms with Crippen molar-refractivity contribution in [1.29, 1.82) is 0 Å². The van der Waals surface area contributed by atoms with Crippen molar-refractivity contribution in [2.75, 3.05) is 18.1 Å². The van der Waals surface area contributed by atoms with E-state index in [1.165, 1.54) is 0 Å². The average molecular weight is 304 g/mol. The number of nitrogens with one attached hydrogen (secondary N) is 1. The molecule has 1 rings (SSSR count). The summed E-state index contributed by atoms with van der Waals surface area (Å²) < 4.78 is 1.01. The quantitative estimate of drug-likeness (QED) is 0.873. The number of hydrogen-bond donors (Lipinski definition) is 1. The van der Waals surface area contributed by atoms with Crippen LogP contribution in [-0.4, -0.2) is 22.8 Å². The van der Waals surface area contributed by atoms with E-state index in [1.54, 1.807) is 11.8 Å². The summed E-state index contributed by atoms with van der Waals surface area (Å²) in [4.78, 5) is 9.05. The maximum absolute atomic E-state index is 4.53. The van der Waals surface area contributed by atoms with E-state index in [0.29, 0.717) is 0 Å². The topological polar surface area (TPSA) is 37.8 Å². The van der Waals surface area contributed by atoms with Crippen molar-refractivity contribution in [3.8, 4) is 0 Å².